The largest absolute Gasteiger partial charge is 0.375 e. The number of nitrogens with one attached hydrogen (secondary N) is 2. The lowest BCUT2D eigenvalue weighted by molar-refractivity contribution is -0.116. The number of carbonyl (C=O) groups excluding carboxylic acids is 1. The number of halogens is 1. The number of carbonyl (C=O) groups is 1. The van der Waals surface area contributed by atoms with E-state index in [0.717, 1.165) is 12.2 Å². The Bertz CT molecular complexity index is 871. The van der Waals surface area contributed by atoms with E-state index in [1.165, 1.54) is 12.1 Å². The lowest BCUT2D eigenvalue weighted by Crippen LogP contribution is -2.28. The fourth-order valence-electron chi connectivity index (χ4n) is 2.27. The molecule has 0 aliphatic carbocycles. The van der Waals surface area contributed by atoms with Gasteiger partial charge in [0.2, 0.25) is 15.9 Å². The number of sulfonamides is 1. The van der Waals surface area contributed by atoms with Gasteiger partial charge in [-0.2, -0.15) is 0 Å². The first-order chi connectivity index (χ1) is 12.3. The number of anilines is 2. The maximum Gasteiger partial charge on any atom is 0.242 e. The topological polar surface area (TPSA) is 78.5 Å². The summed E-state index contributed by atoms with van der Waals surface area (Å²) in [6.45, 7) is 2.87. The van der Waals surface area contributed by atoms with E-state index in [9.17, 15) is 13.2 Å². The van der Waals surface area contributed by atoms with Gasteiger partial charge in [-0.05, 0) is 37.3 Å². The highest BCUT2D eigenvalue weighted by molar-refractivity contribution is 7.89. The van der Waals surface area contributed by atoms with E-state index in [-0.39, 0.29) is 28.8 Å². The summed E-state index contributed by atoms with van der Waals surface area (Å²) in [4.78, 5) is 14.1. The zero-order chi connectivity index (χ0) is 19.2. The summed E-state index contributed by atoms with van der Waals surface area (Å²) in [5.74, 6) is -0.275. The van der Waals surface area contributed by atoms with Crippen LogP contribution in [-0.4, -0.2) is 34.5 Å². The molecule has 2 aromatic rings. The molecule has 0 unspecified atom stereocenters. The van der Waals surface area contributed by atoms with Crippen LogP contribution in [-0.2, 0) is 14.8 Å². The van der Waals surface area contributed by atoms with Crippen LogP contribution in [0.25, 0.3) is 0 Å². The molecule has 0 heterocycles. The van der Waals surface area contributed by atoms with Crippen LogP contribution in [0.3, 0.4) is 0 Å². The Kier molecular flexibility index (Phi) is 7.02. The van der Waals surface area contributed by atoms with E-state index in [2.05, 4.69) is 10.0 Å². The molecule has 8 heteroatoms. The van der Waals surface area contributed by atoms with Crippen molar-refractivity contribution in [2.24, 2.45) is 0 Å². The van der Waals surface area contributed by atoms with E-state index in [4.69, 9.17) is 11.6 Å². The lowest BCUT2D eigenvalue weighted by atomic mass is 10.2. The SMILES string of the molecule is CCN(C)c1cccc(NC(=O)CCNS(=O)(=O)c2ccccc2Cl)c1. The van der Waals surface area contributed by atoms with Gasteiger partial charge in [-0.15, -0.1) is 0 Å². The number of nitrogens with zero attached hydrogens (tertiary/aromatic N) is 1. The minimum Gasteiger partial charge on any atom is -0.375 e. The van der Waals surface area contributed by atoms with Crippen molar-refractivity contribution < 1.29 is 13.2 Å². The number of hydrogen-bond donors (Lipinski definition) is 2. The van der Waals surface area contributed by atoms with Crippen molar-refractivity contribution in [1.29, 1.82) is 0 Å². The predicted molar refractivity (Wildman–Crippen MR) is 105 cm³/mol. The van der Waals surface area contributed by atoms with Crippen LogP contribution in [0.2, 0.25) is 5.02 Å². The number of amides is 1. The first-order valence-corrected chi connectivity index (χ1v) is 10.0. The zero-order valence-electron chi connectivity index (χ0n) is 14.7. The molecule has 2 rings (SSSR count). The maximum atomic E-state index is 12.2. The molecule has 0 spiro atoms. The highest BCUT2D eigenvalue weighted by Gasteiger charge is 2.17. The van der Waals surface area contributed by atoms with Crippen molar-refractivity contribution in [1.82, 2.24) is 4.72 Å². The summed E-state index contributed by atoms with van der Waals surface area (Å²) in [5, 5.41) is 2.91. The second kappa shape index (κ2) is 9.02. The average Bonchev–Trinajstić information content (AvgIpc) is 2.61. The Morgan fingerprint density at radius 3 is 2.58 bits per heavy atom. The van der Waals surface area contributed by atoms with Crippen LogP contribution in [0.15, 0.2) is 53.4 Å². The van der Waals surface area contributed by atoms with E-state index in [1.807, 2.05) is 37.1 Å². The van der Waals surface area contributed by atoms with E-state index < -0.39 is 10.0 Å². The summed E-state index contributed by atoms with van der Waals surface area (Å²) in [6.07, 6.45) is 0.0114. The Balaban J connectivity index is 1.90. The van der Waals surface area contributed by atoms with Gasteiger partial charge in [0.25, 0.3) is 0 Å². The minimum absolute atomic E-state index is 0.00243. The lowest BCUT2D eigenvalue weighted by Gasteiger charge is -2.17. The van der Waals surface area contributed by atoms with Crippen molar-refractivity contribution in [2.45, 2.75) is 18.2 Å². The standard InChI is InChI=1S/C18H22ClN3O3S/c1-3-22(2)15-8-6-7-14(13-15)21-18(23)11-12-20-26(24,25)17-10-5-4-9-16(17)19/h4-10,13,20H,3,11-12H2,1-2H3,(H,21,23). The molecule has 1 amide bonds. The van der Waals surface area contributed by atoms with Crippen molar-refractivity contribution in [2.75, 3.05) is 30.4 Å². The summed E-state index contributed by atoms with van der Waals surface area (Å²) in [5.41, 5.74) is 1.66. The van der Waals surface area contributed by atoms with Gasteiger partial charge in [0.05, 0.1) is 5.02 Å². The second-order valence-corrected chi connectivity index (χ2v) is 7.83. The molecule has 2 aromatic carbocycles. The number of benzene rings is 2. The average molecular weight is 396 g/mol. The van der Waals surface area contributed by atoms with E-state index >= 15 is 0 Å². The molecule has 0 aliphatic heterocycles. The smallest absolute Gasteiger partial charge is 0.242 e. The van der Waals surface area contributed by atoms with Crippen LogP contribution >= 0.6 is 11.6 Å². The Morgan fingerprint density at radius 2 is 1.88 bits per heavy atom. The summed E-state index contributed by atoms with van der Waals surface area (Å²) in [7, 11) is -1.79. The highest BCUT2D eigenvalue weighted by Crippen LogP contribution is 2.20. The van der Waals surface area contributed by atoms with Gasteiger partial charge in [-0.25, -0.2) is 13.1 Å². The molecular formula is C18H22ClN3O3S. The van der Waals surface area contributed by atoms with Crippen LogP contribution in [0, 0.1) is 0 Å². The van der Waals surface area contributed by atoms with Crippen molar-refractivity contribution >= 4 is 38.9 Å². The van der Waals surface area contributed by atoms with E-state index in [0.29, 0.717) is 5.69 Å². The van der Waals surface area contributed by atoms with Crippen LogP contribution in [0.4, 0.5) is 11.4 Å². The molecule has 0 aromatic heterocycles. The molecule has 0 fully saturated rings. The second-order valence-electron chi connectivity index (χ2n) is 5.69. The molecule has 0 radical (unpaired) electrons. The van der Waals surface area contributed by atoms with Crippen LogP contribution in [0.1, 0.15) is 13.3 Å². The maximum absolute atomic E-state index is 12.2. The fourth-order valence-corrected chi connectivity index (χ4v) is 3.82. The van der Waals surface area contributed by atoms with Gasteiger partial charge in [0.15, 0.2) is 0 Å². The zero-order valence-corrected chi connectivity index (χ0v) is 16.3. The minimum atomic E-state index is -3.75. The van der Waals surface area contributed by atoms with Gasteiger partial charge < -0.3 is 10.2 Å². The molecule has 0 bridgehead atoms. The van der Waals surface area contributed by atoms with Crippen molar-refractivity contribution in [3.8, 4) is 0 Å². The normalized spacial score (nSPS) is 11.2. The van der Waals surface area contributed by atoms with Crippen molar-refractivity contribution in [3.05, 3.63) is 53.6 Å². The monoisotopic (exact) mass is 395 g/mol. The van der Waals surface area contributed by atoms with Gasteiger partial charge in [-0.3, -0.25) is 4.79 Å². The summed E-state index contributed by atoms with van der Waals surface area (Å²) in [6, 6.07) is 13.6. The molecule has 0 saturated carbocycles. The molecule has 140 valence electrons. The first-order valence-electron chi connectivity index (χ1n) is 8.18. The Labute approximate surface area is 159 Å². The summed E-state index contributed by atoms with van der Waals surface area (Å²) < 4.78 is 26.8. The molecule has 6 nitrogen and oxygen atoms in total. The first kappa shape index (κ1) is 20.2. The third kappa shape index (κ3) is 5.45. The number of rotatable bonds is 8. The molecule has 26 heavy (non-hydrogen) atoms. The van der Waals surface area contributed by atoms with Crippen LogP contribution in [0.5, 0.6) is 0 Å². The van der Waals surface area contributed by atoms with E-state index in [1.54, 1.807) is 18.2 Å². The third-order valence-electron chi connectivity index (χ3n) is 3.82. The quantitative estimate of drug-likeness (QED) is 0.719. The third-order valence-corrected chi connectivity index (χ3v) is 5.78. The molecule has 0 aliphatic rings. The number of hydrogen-bond acceptors (Lipinski definition) is 4. The molecule has 2 N–H and O–H groups in total. The molecular weight excluding hydrogens is 374 g/mol. The Morgan fingerprint density at radius 1 is 1.15 bits per heavy atom. The highest BCUT2D eigenvalue weighted by atomic mass is 35.5. The van der Waals surface area contributed by atoms with Gasteiger partial charge in [0, 0.05) is 37.9 Å². The van der Waals surface area contributed by atoms with Gasteiger partial charge in [-0.1, -0.05) is 29.8 Å². The molecule has 0 saturated heterocycles. The summed E-state index contributed by atoms with van der Waals surface area (Å²) >= 11 is 5.91. The van der Waals surface area contributed by atoms with Crippen molar-refractivity contribution in [3.63, 3.8) is 0 Å². The molecule has 0 atom stereocenters. The Hall–Kier alpha value is -2.09. The fraction of sp³-hybridized carbons (Fsp3) is 0.278. The van der Waals surface area contributed by atoms with Crippen LogP contribution < -0.4 is 14.9 Å². The van der Waals surface area contributed by atoms with Gasteiger partial charge in [0.1, 0.15) is 4.90 Å². The predicted octanol–water partition coefficient (Wildman–Crippen LogP) is 3.10. The van der Waals surface area contributed by atoms with Gasteiger partial charge >= 0.3 is 0 Å².